The molecule has 1 rings (SSSR count). The van der Waals surface area contributed by atoms with Crippen LogP contribution >= 0.6 is 0 Å². The molecular weight excluding hydrogens is 196 g/mol. The first-order chi connectivity index (χ1) is 7.50. The van der Waals surface area contributed by atoms with E-state index in [0.717, 1.165) is 18.4 Å². The Labute approximate surface area is 99.6 Å². The summed E-state index contributed by atoms with van der Waals surface area (Å²) in [7, 11) is 0. The van der Waals surface area contributed by atoms with Gasteiger partial charge >= 0.3 is 0 Å². The summed E-state index contributed by atoms with van der Waals surface area (Å²) in [6.45, 7) is 10.4. The summed E-state index contributed by atoms with van der Waals surface area (Å²) in [6, 6.07) is 0. The summed E-state index contributed by atoms with van der Waals surface area (Å²) in [5.41, 5.74) is 2.24. The molecule has 1 nitrogen and oxygen atoms in total. The molecule has 0 aromatic carbocycles. The average molecular weight is 220 g/mol. The second-order valence-electron chi connectivity index (χ2n) is 5.19. The summed E-state index contributed by atoms with van der Waals surface area (Å²) >= 11 is 0. The molecule has 0 aliphatic heterocycles. The van der Waals surface area contributed by atoms with Crippen molar-refractivity contribution in [3.63, 3.8) is 0 Å². The Balaban J connectivity index is 2.43. The zero-order chi connectivity index (χ0) is 12.1. The van der Waals surface area contributed by atoms with Crippen LogP contribution in [0.25, 0.3) is 0 Å². The molecule has 0 saturated carbocycles. The molecule has 0 amide bonds. The first kappa shape index (κ1) is 13.2. The van der Waals surface area contributed by atoms with Crippen molar-refractivity contribution in [2.45, 2.75) is 46.1 Å². The molecule has 1 aliphatic rings. The lowest BCUT2D eigenvalue weighted by atomic mass is 9.81. The topological polar surface area (TPSA) is 20.2 Å². The third-order valence-corrected chi connectivity index (χ3v) is 3.39. The molecule has 3 atom stereocenters. The molecule has 1 N–H and O–H groups in total. The summed E-state index contributed by atoms with van der Waals surface area (Å²) in [5, 5.41) is 9.75. The van der Waals surface area contributed by atoms with Gasteiger partial charge in [0.05, 0.1) is 6.10 Å². The van der Waals surface area contributed by atoms with Crippen molar-refractivity contribution in [3.05, 3.63) is 36.0 Å². The molecule has 16 heavy (non-hydrogen) atoms. The van der Waals surface area contributed by atoms with Crippen LogP contribution in [-0.2, 0) is 0 Å². The number of aliphatic hydroxyl groups is 1. The van der Waals surface area contributed by atoms with Crippen LogP contribution in [0.4, 0.5) is 0 Å². The SMILES string of the molecule is C=C1C=CC(C(C)CCC=C(C)C)CC1O. The van der Waals surface area contributed by atoms with Crippen molar-refractivity contribution >= 4 is 0 Å². The zero-order valence-corrected chi connectivity index (χ0v) is 10.7. The molecule has 3 unspecified atom stereocenters. The fourth-order valence-electron chi connectivity index (χ4n) is 2.12. The van der Waals surface area contributed by atoms with E-state index in [4.69, 9.17) is 0 Å². The second kappa shape index (κ2) is 6.05. The van der Waals surface area contributed by atoms with Crippen LogP contribution in [0.1, 0.15) is 40.0 Å². The van der Waals surface area contributed by atoms with Crippen LogP contribution in [0.3, 0.4) is 0 Å². The highest BCUT2D eigenvalue weighted by Crippen LogP contribution is 2.29. The van der Waals surface area contributed by atoms with Crippen molar-refractivity contribution in [1.82, 2.24) is 0 Å². The van der Waals surface area contributed by atoms with E-state index in [1.165, 1.54) is 12.0 Å². The zero-order valence-electron chi connectivity index (χ0n) is 10.7. The fraction of sp³-hybridized carbons (Fsp3) is 0.600. The van der Waals surface area contributed by atoms with E-state index in [1.54, 1.807) is 0 Å². The molecule has 0 bridgehead atoms. The number of aliphatic hydroxyl groups excluding tert-OH is 1. The van der Waals surface area contributed by atoms with Gasteiger partial charge in [-0.3, -0.25) is 0 Å². The Morgan fingerprint density at radius 3 is 2.88 bits per heavy atom. The highest BCUT2D eigenvalue weighted by Gasteiger charge is 2.22. The van der Waals surface area contributed by atoms with E-state index < -0.39 is 0 Å². The molecule has 0 fully saturated rings. The third-order valence-electron chi connectivity index (χ3n) is 3.39. The second-order valence-corrected chi connectivity index (χ2v) is 5.19. The van der Waals surface area contributed by atoms with Gasteiger partial charge in [-0.25, -0.2) is 0 Å². The molecule has 0 saturated heterocycles. The number of allylic oxidation sites excluding steroid dienone is 3. The van der Waals surface area contributed by atoms with Crippen molar-refractivity contribution in [2.75, 3.05) is 0 Å². The van der Waals surface area contributed by atoms with Gasteiger partial charge in [0.25, 0.3) is 0 Å². The molecule has 0 heterocycles. The van der Waals surface area contributed by atoms with Gasteiger partial charge in [0.1, 0.15) is 0 Å². The lowest BCUT2D eigenvalue weighted by molar-refractivity contribution is 0.167. The minimum absolute atomic E-state index is 0.332. The highest BCUT2D eigenvalue weighted by molar-refractivity contribution is 5.24. The van der Waals surface area contributed by atoms with Crippen molar-refractivity contribution in [3.8, 4) is 0 Å². The van der Waals surface area contributed by atoms with E-state index in [2.05, 4.69) is 39.5 Å². The van der Waals surface area contributed by atoms with Gasteiger partial charge in [-0.15, -0.1) is 0 Å². The normalized spacial score (nSPS) is 26.6. The van der Waals surface area contributed by atoms with Crippen LogP contribution in [0.2, 0.25) is 0 Å². The van der Waals surface area contributed by atoms with Gasteiger partial charge in [-0.2, -0.15) is 0 Å². The van der Waals surface area contributed by atoms with Crippen molar-refractivity contribution in [2.24, 2.45) is 11.8 Å². The predicted molar refractivity (Wildman–Crippen MR) is 70.2 cm³/mol. The number of hydrogen-bond acceptors (Lipinski definition) is 1. The van der Waals surface area contributed by atoms with Crippen molar-refractivity contribution in [1.29, 1.82) is 0 Å². The van der Waals surface area contributed by atoms with Gasteiger partial charge in [-0.1, -0.05) is 37.3 Å². The number of hydrogen-bond donors (Lipinski definition) is 1. The highest BCUT2D eigenvalue weighted by atomic mass is 16.3. The summed E-state index contributed by atoms with van der Waals surface area (Å²) in [5.74, 6) is 1.14. The Morgan fingerprint density at radius 1 is 1.62 bits per heavy atom. The Hall–Kier alpha value is -0.820. The van der Waals surface area contributed by atoms with Crippen molar-refractivity contribution < 1.29 is 5.11 Å². The molecule has 0 aromatic heterocycles. The maximum absolute atomic E-state index is 9.75. The Bertz CT molecular complexity index is 295. The third kappa shape index (κ3) is 3.97. The predicted octanol–water partition coefficient (Wildman–Crippen LogP) is 3.86. The van der Waals surface area contributed by atoms with E-state index in [0.29, 0.717) is 11.8 Å². The summed E-state index contributed by atoms with van der Waals surface area (Å²) in [4.78, 5) is 0. The minimum atomic E-state index is -0.332. The van der Waals surface area contributed by atoms with Gasteiger partial charge in [-0.05, 0) is 50.5 Å². The standard InChI is InChI=1S/C15H24O/c1-11(2)6-5-7-12(3)14-9-8-13(4)15(16)10-14/h6,8-9,12,14-16H,4-5,7,10H2,1-3H3. The Morgan fingerprint density at radius 2 is 2.31 bits per heavy atom. The van der Waals surface area contributed by atoms with E-state index in [9.17, 15) is 5.11 Å². The lowest BCUT2D eigenvalue weighted by Crippen LogP contribution is -2.22. The Kier molecular flexibility index (Phi) is 5.01. The van der Waals surface area contributed by atoms with Crippen LogP contribution < -0.4 is 0 Å². The van der Waals surface area contributed by atoms with Gasteiger partial charge in [0.2, 0.25) is 0 Å². The van der Waals surface area contributed by atoms with E-state index >= 15 is 0 Å². The van der Waals surface area contributed by atoms with Crippen LogP contribution in [-0.4, -0.2) is 11.2 Å². The molecule has 90 valence electrons. The van der Waals surface area contributed by atoms with Crippen LogP contribution in [0.15, 0.2) is 36.0 Å². The molecular formula is C15H24O. The summed E-state index contributed by atoms with van der Waals surface area (Å²) < 4.78 is 0. The average Bonchev–Trinajstić information content (AvgIpc) is 2.21. The fourth-order valence-corrected chi connectivity index (χ4v) is 2.12. The summed E-state index contributed by atoms with van der Waals surface area (Å²) in [6.07, 6.45) is 9.33. The van der Waals surface area contributed by atoms with E-state index in [-0.39, 0.29) is 6.10 Å². The molecule has 0 spiro atoms. The number of rotatable bonds is 4. The quantitative estimate of drug-likeness (QED) is 0.713. The molecule has 1 heteroatoms. The van der Waals surface area contributed by atoms with E-state index in [1.807, 2.05) is 6.08 Å². The maximum atomic E-state index is 9.75. The van der Waals surface area contributed by atoms with Crippen LogP contribution in [0.5, 0.6) is 0 Å². The maximum Gasteiger partial charge on any atom is 0.0790 e. The first-order valence-corrected chi connectivity index (χ1v) is 6.19. The van der Waals surface area contributed by atoms with Crippen LogP contribution in [0, 0.1) is 11.8 Å². The first-order valence-electron chi connectivity index (χ1n) is 6.19. The molecule has 0 aromatic rings. The smallest absolute Gasteiger partial charge is 0.0790 e. The van der Waals surface area contributed by atoms with Gasteiger partial charge in [0.15, 0.2) is 0 Å². The molecule has 0 radical (unpaired) electrons. The minimum Gasteiger partial charge on any atom is -0.388 e. The molecule has 1 aliphatic carbocycles. The largest absolute Gasteiger partial charge is 0.388 e. The lowest BCUT2D eigenvalue weighted by Gasteiger charge is -2.27. The monoisotopic (exact) mass is 220 g/mol. The van der Waals surface area contributed by atoms with Gasteiger partial charge < -0.3 is 5.11 Å². The van der Waals surface area contributed by atoms with Gasteiger partial charge in [0, 0.05) is 0 Å².